The van der Waals surface area contributed by atoms with Crippen LogP contribution in [0.2, 0.25) is 0 Å². The third kappa shape index (κ3) is 3.57. The normalized spacial score (nSPS) is 20.8. The smallest absolute Gasteiger partial charge is 0.231 e. The van der Waals surface area contributed by atoms with Crippen molar-refractivity contribution in [3.63, 3.8) is 0 Å². The minimum atomic E-state index is -0.604. The molecule has 3 aliphatic rings. The van der Waals surface area contributed by atoms with Gasteiger partial charge in [0.15, 0.2) is 11.5 Å². The van der Waals surface area contributed by atoms with E-state index < -0.39 is 5.41 Å². The Morgan fingerprint density at radius 3 is 2.60 bits per heavy atom. The summed E-state index contributed by atoms with van der Waals surface area (Å²) in [5, 5.41) is 6.03. The fourth-order valence-electron chi connectivity index (χ4n) is 3.76. The van der Waals surface area contributed by atoms with Crippen LogP contribution in [0.5, 0.6) is 11.5 Å². The van der Waals surface area contributed by atoms with Crippen molar-refractivity contribution >= 4 is 17.5 Å². The SMILES string of the molecule is O=C(CC1(C(=O)Nc2ccc3c(c2)OCO3)CCCCC1)NC1CC1. The van der Waals surface area contributed by atoms with E-state index in [4.69, 9.17) is 9.47 Å². The van der Waals surface area contributed by atoms with Gasteiger partial charge in [0, 0.05) is 24.2 Å². The van der Waals surface area contributed by atoms with Gasteiger partial charge in [0.1, 0.15) is 0 Å². The Bertz CT molecular complexity index is 678. The molecule has 25 heavy (non-hydrogen) atoms. The maximum atomic E-state index is 13.1. The largest absolute Gasteiger partial charge is 0.454 e. The summed E-state index contributed by atoms with van der Waals surface area (Å²) in [4.78, 5) is 25.4. The van der Waals surface area contributed by atoms with Crippen molar-refractivity contribution in [2.45, 2.75) is 57.4 Å². The number of anilines is 1. The minimum absolute atomic E-state index is 0.00485. The summed E-state index contributed by atoms with van der Waals surface area (Å²) in [5.41, 5.74) is 0.0786. The van der Waals surface area contributed by atoms with Crippen LogP contribution in [0.15, 0.2) is 18.2 Å². The maximum Gasteiger partial charge on any atom is 0.231 e. The zero-order chi connectivity index (χ0) is 17.3. The monoisotopic (exact) mass is 344 g/mol. The van der Waals surface area contributed by atoms with E-state index in [1.165, 1.54) is 0 Å². The molecule has 0 spiro atoms. The Kier molecular flexibility index (Phi) is 4.27. The lowest BCUT2D eigenvalue weighted by Crippen LogP contribution is -2.42. The molecule has 134 valence electrons. The van der Waals surface area contributed by atoms with Gasteiger partial charge < -0.3 is 20.1 Å². The van der Waals surface area contributed by atoms with Gasteiger partial charge in [0.2, 0.25) is 18.6 Å². The fraction of sp³-hybridized carbons (Fsp3) is 0.579. The molecule has 0 aromatic heterocycles. The van der Waals surface area contributed by atoms with Crippen LogP contribution < -0.4 is 20.1 Å². The van der Waals surface area contributed by atoms with Crippen LogP contribution in [-0.4, -0.2) is 24.6 Å². The zero-order valence-corrected chi connectivity index (χ0v) is 14.3. The van der Waals surface area contributed by atoms with E-state index in [1.807, 2.05) is 6.07 Å². The molecule has 2 aliphatic carbocycles. The number of benzene rings is 1. The average Bonchev–Trinajstić information content (AvgIpc) is 3.29. The summed E-state index contributed by atoms with van der Waals surface area (Å²) in [7, 11) is 0. The Labute approximate surface area is 147 Å². The molecule has 0 radical (unpaired) electrons. The highest BCUT2D eigenvalue weighted by Crippen LogP contribution is 2.41. The molecule has 0 atom stereocenters. The van der Waals surface area contributed by atoms with Gasteiger partial charge in [-0.3, -0.25) is 9.59 Å². The number of rotatable bonds is 5. The third-order valence-corrected chi connectivity index (χ3v) is 5.36. The van der Waals surface area contributed by atoms with E-state index in [0.29, 0.717) is 23.2 Å². The summed E-state index contributed by atoms with van der Waals surface area (Å²) < 4.78 is 10.7. The van der Waals surface area contributed by atoms with Crippen molar-refractivity contribution in [1.82, 2.24) is 5.32 Å². The van der Waals surface area contributed by atoms with E-state index in [9.17, 15) is 9.59 Å². The lowest BCUT2D eigenvalue weighted by atomic mass is 9.70. The number of carbonyl (C=O) groups is 2. The van der Waals surface area contributed by atoms with Gasteiger partial charge in [0.25, 0.3) is 0 Å². The van der Waals surface area contributed by atoms with Crippen LogP contribution in [0, 0.1) is 5.41 Å². The molecule has 1 heterocycles. The highest BCUT2D eigenvalue weighted by molar-refractivity contribution is 5.98. The standard InChI is InChI=1S/C19H24N2O4/c22-17(20-13-4-5-13)11-19(8-2-1-3-9-19)18(23)21-14-6-7-15-16(10-14)25-12-24-15/h6-7,10,13H,1-5,8-9,11-12H2,(H,20,22)(H,21,23). The molecule has 0 unspecified atom stereocenters. The van der Waals surface area contributed by atoms with Crippen molar-refractivity contribution in [2.75, 3.05) is 12.1 Å². The lowest BCUT2D eigenvalue weighted by Gasteiger charge is -2.35. The predicted octanol–water partition coefficient (Wildman–Crippen LogP) is 2.97. The van der Waals surface area contributed by atoms with Crippen molar-refractivity contribution in [2.24, 2.45) is 5.41 Å². The molecule has 4 rings (SSSR count). The summed E-state index contributed by atoms with van der Waals surface area (Å²) >= 11 is 0. The van der Waals surface area contributed by atoms with Crippen LogP contribution in [0.25, 0.3) is 0 Å². The first kappa shape index (κ1) is 16.2. The summed E-state index contributed by atoms with van der Waals surface area (Å²) in [5.74, 6) is 1.28. The first-order valence-corrected chi connectivity index (χ1v) is 9.15. The third-order valence-electron chi connectivity index (χ3n) is 5.36. The van der Waals surface area contributed by atoms with E-state index in [-0.39, 0.29) is 25.0 Å². The number of hydrogen-bond acceptors (Lipinski definition) is 4. The Balaban J connectivity index is 1.47. The molecular weight excluding hydrogens is 320 g/mol. The van der Waals surface area contributed by atoms with Gasteiger partial charge in [0.05, 0.1) is 5.41 Å². The Morgan fingerprint density at radius 2 is 1.84 bits per heavy atom. The van der Waals surface area contributed by atoms with Gasteiger partial charge in [-0.15, -0.1) is 0 Å². The van der Waals surface area contributed by atoms with Gasteiger partial charge >= 0.3 is 0 Å². The lowest BCUT2D eigenvalue weighted by molar-refractivity contribution is -0.134. The molecule has 2 N–H and O–H groups in total. The van der Waals surface area contributed by atoms with E-state index in [1.54, 1.807) is 12.1 Å². The average molecular weight is 344 g/mol. The number of carbonyl (C=O) groups excluding carboxylic acids is 2. The number of fused-ring (bicyclic) bond motifs is 1. The molecular formula is C19H24N2O4. The Hall–Kier alpha value is -2.24. The highest BCUT2D eigenvalue weighted by atomic mass is 16.7. The molecule has 2 fully saturated rings. The second-order valence-electron chi connectivity index (χ2n) is 7.38. The van der Waals surface area contributed by atoms with E-state index >= 15 is 0 Å². The summed E-state index contributed by atoms with van der Waals surface area (Å²) in [6.07, 6.45) is 7.03. The number of ether oxygens (including phenoxy) is 2. The van der Waals surface area contributed by atoms with Crippen molar-refractivity contribution < 1.29 is 19.1 Å². The molecule has 1 aromatic carbocycles. The zero-order valence-electron chi connectivity index (χ0n) is 14.3. The van der Waals surface area contributed by atoms with Crippen molar-refractivity contribution in [3.8, 4) is 11.5 Å². The molecule has 6 heteroatoms. The Morgan fingerprint density at radius 1 is 1.08 bits per heavy atom. The van der Waals surface area contributed by atoms with Crippen LogP contribution in [0.3, 0.4) is 0 Å². The van der Waals surface area contributed by atoms with Gasteiger partial charge in [-0.05, 0) is 37.8 Å². The topological polar surface area (TPSA) is 76.7 Å². The summed E-state index contributed by atoms with van der Waals surface area (Å²) in [6, 6.07) is 5.71. The molecule has 1 aromatic rings. The first-order valence-electron chi connectivity index (χ1n) is 9.15. The van der Waals surface area contributed by atoms with Crippen molar-refractivity contribution in [1.29, 1.82) is 0 Å². The second kappa shape index (κ2) is 6.58. The molecule has 0 saturated heterocycles. The van der Waals surface area contributed by atoms with E-state index in [2.05, 4.69) is 10.6 Å². The van der Waals surface area contributed by atoms with Gasteiger partial charge in [-0.1, -0.05) is 19.3 Å². The van der Waals surface area contributed by atoms with Gasteiger partial charge in [-0.2, -0.15) is 0 Å². The fourth-order valence-corrected chi connectivity index (χ4v) is 3.76. The van der Waals surface area contributed by atoms with Crippen LogP contribution in [0.1, 0.15) is 51.4 Å². The van der Waals surface area contributed by atoms with Crippen LogP contribution >= 0.6 is 0 Å². The predicted molar refractivity (Wildman–Crippen MR) is 92.5 cm³/mol. The summed E-state index contributed by atoms with van der Waals surface area (Å²) in [6.45, 7) is 0.206. The maximum absolute atomic E-state index is 13.1. The first-order chi connectivity index (χ1) is 12.1. The minimum Gasteiger partial charge on any atom is -0.454 e. The number of amides is 2. The molecule has 6 nitrogen and oxygen atoms in total. The number of nitrogens with one attached hydrogen (secondary N) is 2. The number of hydrogen-bond donors (Lipinski definition) is 2. The van der Waals surface area contributed by atoms with E-state index in [0.717, 1.165) is 44.9 Å². The van der Waals surface area contributed by atoms with Crippen LogP contribution in [0.4, 0.5) is 5.69 Å². The van der Waals surface area contributed by atoms with Crippen molar-refractivity contribution in [3.05, 3.63) is 18.2 Å². The van der Waals surface area contributed by atoms with Gasteiger partial charge in [-0.25, -0.2) is 0 Å². The molecule has 2 saturated carbocycles. The highest BCUT2D eigenvalue weighted by Gasteiger charge is 2.42. The van der Waals surface area contributed by atoms with Crippen LogP contribution in [-0.2, 0) is 9.59 Å². The molecule has 2 amide bonds. The quantitative estimate of drug-likeness (QED) is 0.861. The second-order valence-corrected chi connectivity index (χ2v) is 7.38. The molecule has 0 bridgehead atoms. The molecule has 1 aliphatic heterocycles.